The summed E-state index contributed by atoms with van der Waals surface area (Å²) in [4.78, 5) is 12.7. The first-order valence-corrected chi connectivity index (χ1v) is 4.32. The molecule has 0 heterocycles. The summed E-state index contributed by atoms with van der Waals surface area (Å²) < 4.78 is 0. The van der Waals surface area contributed by atoms with Gasteiger partial charge in [0, 0.05) is 26.9 Å². The fraction of sp³-hybridized carbons (Fsp3) is 0.700. The number of terminal acetylenes is 1. The molecule has 0 fully saturated rings. The van der Waals surface area contributed by atoms with Crippen molar-refractivity contribution in [3.05, 3.63) is 0 Å². The SMILES string of the molecule is C#CCCCCCC(=O)N(C)C. The van der Waals surface area contributed by atoms with Crippen molar-refractivity contribution in [2.24, 2.45) is 0 Å². The fourth-order valence-corrected chi connectivity index (χ4v) is 0.904. The molecule has 2 heteroatoms. The van der Waals surface area contributed by atoms with E-state index in [9.17, 15) is 4.79 Å². The number of nitrogens with zero attached hydrogens (tertiary/aromatic N) is 1. The first kappa shape index (κ1) is 11.0. The highest BCUT2D eigenvalue weighted by molar-refractivity contribution is 5.75. The van der Waals surface area contributed by atoms with Crippen LogP contribution in [0.5, 0.6) is 0 Å². The maximum Gasteiger partial charge on any atom is 0.222 e. The maximum atomic E-state index is 11.1. The van der Waals surface area contributed by atoms with Crippen molar-refractivity contribution in [1.82, 2.24) is 4.90 Å². The molecule has 0 radical (unpaired) electrons. The third-order valence-corrected chi connectivity index (χ3v) is 1.71. The van der Waals surface area contributed by atoms with Gasteiger partial charge in [0.25, 0.3) is 0 Å². The van der Waals surface area contributed by atoms with E-state index in [4.69, 9.17) is 6.42 Å². The van der Waals surface area contributed by atoms with Crippen LogP contribution in [0.4, 0.5) is 0 Å². The molecule has 0 aromatic rings. The standard InChI is InChI=1S/C10H17NO/c1-4-5-6-7-8-9-10(12)11(2)3/h1H,5-9H2,2-3H3. The minimum absolute atomic E-state index is 0.204. The molecule has 0 saturated heterocycles. The molecule has 1 amide bonds. The van der Waals surface area contributed by atoms with Crippen molar-refractivity contribution in [3.8, 4) is 12.3 Å². The molecule has 0 atom stereocenters. The van der Waals surface area contributed by atoms with Crippen LogP contribution in [0, 0.1) is 12.3 Å². The zero-order valence-electron chi connectivity index (χ0n) is 7.97. The summed E-state index contributed by atoms with van der Waals surface area (Å²) in [6.07, 6.45) is 9.63. The van der Waals surface area contributed by atoms with Crippen LogP contribution < -0.4 is 0 Å². The van der Waals surface area contributed by atoms with E-state index < -0.39 is 0 Å². The number of unbranched alkanes of at least 4 members (excludes halogenated alkanes) is 3. The molecule has 0 aliphatic carbocycles. The topological polar surface area (TPSA) is 20.3 Å². The van der Waals surface area contributed by atoms with Crippen LogP contribution in [0.3, 0.4) is 0 Å². The van der Waals surface area contributed by atoms with Gasteiger partial charge in [0.05, 0.1) is 0 Å². The second-order valence-electron chi connectivity index (χ2n) is 3.05. The van der Waals surface area contributed by atoms with E-state index in [1.54, 1.807) is 19.0 Å². The van der Waals surface area contributed by atoms with Crippen LogP contribution in [-0.2, 0) is 4.79 Å². The van der Waals surface area contributed by atoms with E-state index in [0.717, 1.165) is 25.7 Å². The molecule has 0 bridgehead atoms. The van der Waals surface area contributed by atoms with Crippen LogP contribution in [0.15, 0.2) is 0 Å². The summed E-state index contributed by atoms with van der Waals surface area (Å²) in [6, 6.07) is 0. The number of rotatable bonds is 5. The zero-order valence-corrected chi connectivity index (χ0v) is 7.97. The van der Waals surface area contributed by atoms with Crippen molar-refractivity contribution in [3.63, 3.8) is 0 Å². The number of carbonyl (C=O) groups excluding carboxylic acids is 1. The highest BCUT2D eigenvalue weighted by Crippen LogP contribution is 2.03. The highest BCUT2D eigenvalue weighted by atomic mass is 16.2. The number of hydrogen-bond donors (Lipinski definition) is 0. The molecule has 0 aliphatic heterocycles. The minimum atomic E-state index is 0.204. The van der Waals surface area contributed by atoms with Gasteiger partial charge in [-0.05, 0) is 12.8 Å². The molecule has 68 valence electrons. The van der Waals surface area contributed by atoms with Crippen molar-refractivity contribution >= 4 is 5.91 Å². The first-order valence-electron chi connectivity index (χ1n) is 4.32. The summed E-state index contributed by atoms with van der Waals surface area (Å²) in [5, 5.41) is 0. The predicted octanol–water partition coefficient (Wildman–Crippen LogP) is 1.66. The number of amides is 1. The molecule has 0 unspecified atom stereocenters. The van der Waals surface area contributed by atoms with Gasteiger partial charge in [-0.1, -0.05) is 6.42 Å². The van der Waals surface area contributed by atoms with Gasteiger partial charge in [-0.2, -0.15) is 0 Å². The molecule has 0 N–H and O–H groups in total. The van der Waals surface area contributed by atoms with Crippen LogP contribution >= 0.6 is 0 Å². The van der Waals surface area contributed by atoms with E-state index in [0.29, 0.717) is 6.42 Å². The Labute approximate surface area is 74.9 Å². The number of hydrogen-bond acceptors (Lipinski definition) is 1. The lowest BCUT2D eigenvalue weighted by molar-refractivity contribution is -0.128. The van der Waals surface area contributed by atoms with E-state index in [1.807, 2.05) is 0 Å². The maximum absolute atomic E-state index is 11.1. The van der Waals surface area contributed by atoms with Crippen LogP contribution in [0.25, 0.3) is 0 Å². The van der Waals surface area contributed by atoms with Gasteiger partial charge < -0.3 is 4.90 Å². The third-order valence-electron chi connectivity index (χ3n) is 1.71. The summed E-state index contributed by atoms with van der Waals surface area (Å²) in [7, 11) is 3.56. The lowest BCUT2D eigenvalue weighted by atomic mass is 10.1. The molecule has 2 nitrogen and oxygen atoms in total. The Balaban J connectivity index is 3.21. The van der Waals surface area contributed by atoms with Crippen molar-refractivity contribution < 1.29 is 4.79 Å². The van der Waals surface area contributed by atoms with Crippen molar-refractivity contribution in [2.45, 2.75) is 32.1 Å². The molecular formula is C10H17NO. The van der Waals surface area contributed by atoms with Crippen LogP contribution in [0.1, 0.15) is 32.1 Å². The van der Waals surface area contributed by atoms with Gasteiger partial charge >= 0.3 is 0 Å². The normalized spacial score (nSPS) is 9.08. The average molecular weight is 167 g/mol. The van der Waals surface area contributed by atoms with Crippen LogP contribution in [-0.4, -0.2) is 24.9 Å². The van der Waals surface area contributed by atoms with Gasteiger partial charge in [0.2, 0.25) is 5.91 Å². The van der Waals surface area contributed by atoms with E-state index in [2.05, 4.69) is 5.92 Å². The van der Waals surface area contributed by atoms with Crippen LogP contribution in [0.2, 0.25) is 0 Å². The van der Waals surface area contributed by atoms with Crippen molar-refractivity contribution in [1.29, 1.82) is 0 Å². The van der Waals surface area contributed by atoms with E-state index in [1.165, 1.54) is 0 Å². The minimum Gasteiger partial charge on any atom is -0.349 e. The molecular weight excluding hydrogens is 150 g/mol. The summed E-state index contributed by atoms with van der Waals surface area (Å²) in [5.41, 5.74) is 0. The van der Waals surface area contributed by atoms with E-state index >= 15 is 0 Å². The Morgan fingerprint density at radius 1 is 1.33 bits per heavy atom. The Bertz CT molecular complexity index is 167. The molecule has 0 aliphatic rings. The summed E-state index contributed by atoms with van der Waals surface area (Å²) in [5.74, 6) is 2.79. The Kier molecular flexibility index (Phi) is 6.18. The van der Waals surface area contributed by atoms with Gasteiger partial charge in [0.15, 0.2) is 0 Å². The third kappa shape index (κ3) is 5.79. The predicted molar refractivity (Wildman–Crippen MR) is 50.6 cm³/mol. The van der Waals surface area contributed by atoms with E-state index in [-0.39, 0.29) is 5.91 Å². The molecule has 12 heavy (non-hydrogen) atoms. The zero-order chi connectivity index (χ0) is 9.40. The average Bonchev–Trinajstić information content (AvgIpc) is 2.03. The smallest absolute Gasteiger partial charge is 0.222 e. The quantitative estimate of drug-likeness (QED) is 0.450. The molecule has 0 saturated carbocycles. The lowest BCUT2D eigenvalue weighted by Gasteiger charge is -2.08. The Morgan fingerprint density at radius 3 is 2.50 bits per heavy atom. The van der Waals surface area contributed by atoms with Gasteiger partial charge in [-0.25, -0.2) is 0 Å². The second-order valence-corrected chi connectivity index (χ2v) is 3.05. The number of carbonyl (C=O) groups is 1. The molecule has 0 spiro atoms. The van der Waals surface area contributed by atoms with Crippen molar-refractivity contribution in [2.75, 3.05) is 14.1 Å². The highest BCUT2D eigenvalue weighted by Gasteiger charge is 2.01. The lowest BCUT2D eigenvalue weighted by Crippen LogP contribution is -2.20. The fourth-order valence-electron chi connectivity index (χ4n) is 0.904. The largest absolute Gasteiger partial charge is 0.349 e. The van der Waals surface area contributed by atoms with Gasteiger partial charge in [-0.15, -0.1) is 12.3 Å². The summed E-state index contributed by atoms with van der Waals surface area (Å²) in [6.45, 7) is 0. The second kappa shape index (κ2) is 6.72. The first-order chi connectivity index (χ1) is 5.68. The Hall–Kier alpha value is -0.970. The molecule has 0 rings (SSSR count). The summed E-state index contributed by atoms with van der Waals surface area (Å²) >= 11 is 0. The monoisotopic (exact) mass is 167 g/mol. The Morgan fingerprint density at radius 2 is 2.00 bits per heavy atom. The molecule has 0 aromatic carbocycles. The van der Waals surface area contributed by atoms with Gasteiger partial charge in [0.1, 0.15) is 0 Å². The van der Waals surface area contributed by atoms with Gasteiger partial charge in [-0.3, -0.25) is 4.79 Å². The molecule has 0 aromatic heterocycles.